The van der Waals surface area contributed by atoms with Gasteiger partial charge in [0.05, 0.1) is 6.61 Å². The highest BCUT2D eigenvalue weighted by atomic mass is 16.4. The van der Waals surface area contributed by atoms with Crippen molar-refractivity contribution in [1.29, 1.82) is 0 Å². The van der Waals surface area contributed by atoms with Crippen LogP contribution in [0.15, 0.2) is 0 Å². The second kappa shape index (κ2) is 12.8. The van der Waals surface area contributed by atoms with E-state index < -0.39 is 36.9 Å². The molecular formula is C15H31NO6. The molecule has 0 aliphatic heterocycles. The van der Waals surface area contributed by atoms with Crippen LogP contribution in [0.1, 0.15) is 51.9 Å². The fourth-order valence-corrected chi connectivity index (χ4v) is 2.08. The second-order valence-electron chi connectivity index (χ2n) is 5.59. The van der Waals surface area contributed by atoms with Crippen molar-refractivity contribution in [3.8, 4) is 0 Å². The number of aliphatic hydroxyl groups is 5. The van der Waals surface area contributed by atoms with Gasteiger partial charge in [-0.3, -0.25) is 4.79 Å². The molecule has 0 saturated carbocycles. The highest BCUT2D eigenvalue weighted by molar-refractivity contribution is 5.81. The van der Waals surface area contributed by atoms with Crippen LogP contribution in [0.25, 0.3) is 0 Å². The summed E-state index contributed by atoms with van der Waals surface area (Å²) in [6.45, 7) is 1.77. The number of hydrogen-bond donors (Lipinski definition) is 6. The van der Waals surface area contributed by atoms with Crippen molar-refractivity contribution < 1.29 is 30.3 Å². The Balaban J connectivity index is 3.82. The van der Waals surface area contributed by atoms with Gasteiger partial charge in [-0.15, -0.1) is 0 Å². The first kappa shape index (κ1) is 21.3. The number of carbonyl (C=O) groups excluding carboxylic acids is 1. The fourth-order valence-electron chi connectivity index (χ4n) is 2.08. The van der Waals surface area contributed by atoms with E-state index in [9.17, 15) is 20.1 Å². The summed E-state index contributed by atoms with van der Waals surface area (Å²) >= 11 is 0. The first-order valence-corrected chi connectivity index (χ1v) is 8.06. The summed E-state index contributed by atoms with van der Waals surface area (Å²) < 4.78 is 0. The van der Waals surface area contributed by atoms with Crippen molar-refractivity contribution in [3.05, 3.63) is 0 Å². The molecule has 0 saturated heterocycles. The van der Waals surface area contributed by atoms with Crippen LogP contribution in [0.2, 0.25) is 0 Å². The summed E-state index contributed by atoms with van der Waals surface area (Å²) in [6.07, 6.45) is 0.601. The van der Waals surface area contributed by atoms with Crippen molar-refractivity contribution in [2.24, 2.45) is 0 Å². The van der Waals surface area contributed by atoms with Gasteiger partial charge in [-0.25, -0.2) is 0 Å². The SMILES string of the molecule is CCCCCCCCCNC(=O)[C@@H](O)[C@@H](O)[C@H](O)[C@H](O)CO. The van der Waals surface area contributed by atoms with E-state index in [2.05, 4.69) is 12.2 Å². The van der Waals surface area contributed by atoms with E-state index in [4.69, 9.17) is 10.2 Å². The Morgan fingerprint density at radius 1 is 0.909 bits per heavy atom. The highest BCUT2D eigenvalue weighted by Crippen LogP contribution is 2.07. The molecule has 0 aromatic rings. The lowest BCUT2D eigenvalue weighted by Crippen LogP contribution is -2.51. The zero-order chi connectivity index (χ0) is 17.0. The summed E-state index contributed by atoms with van der Waals surface area (Å²) in [7, 11) is 0. The van der Waals surface area contributed by atoms with Gasteiger partial charge >= 0.3 is 0 Å². The van der Waals surface area contributed by atoms with Crippen molar-refractivity contribution in [3.63, 3.8) is 0 Å². The van der Waals surface area contributed by atoms with E-state index in [1.807, 2.05) is 0 Å². The van der Waals surface area contributed by atoms with Crippen LogP contribution in [-0.2, 0) is 4.79 Å². The largest absolute Gasteiger partial charge is 0.394 e. The molecule has 0 fully saturated rings. The van der Waals surface area contributed by atoms with Crippen molar-refractivity contribution in [2.45, 2.75) is 76.3 Å². The van der Waals surface area contributed by atoms with Gasteiger partial charge in [-0.05, 0) is 6.42 Å². The Morgan fingerprint density at radius 3 is 2.00 bits per heavy atom. The number of unbranched alkanes of at least 4 members (excludes halogenated alkanes) is 6. The van der Waals surface area contributed by atoms with Crippen LogP contribution in [0, 0.1) is 0 Å². The summed E-state index contributed by atoms with van der Waals surface area (Å²) in [5.41, 5.74) is 0. The minimum atomic E-state index is -1.85. The van der Waals surface area contributed by atoms with E-state index in [1.54, 1.807) is 0 Å². The molecule has 0 heterocycles. The molecule has 132 valence electrons. The van der Waals surface area contributed by atoms with Gasteiger partial charge in [0, 0.05) is 6.54 Å². The molecule has 0 aromatic carbocycles. The second-order valence-corrected chi connectivity index (χ2v) is 5.59. The molecule has 7 heteroatoms. The topological polar surface area (TPSA) is 130 Å². The molecule has 6 N–H and O–H groups in total. The van der Waals surface area contributed by atoms with Crippen LogP contribution in [0.4, 0.5) is 0 Å². The third-order valence-corrected chi connectivity index (χ3v) is 3.60. The van der Waals surface area contributed by atoms with Gasteiger partial charge in [0.2, 0.25) is 0 Å². The zero-order valence-corrected chi connectivity index (χ0v) is 13.3. The van der Waals surface area contributed by atoms with E-state index in [1.165, 1.54) is 25.7 Å². The van der Waals surface area contributed by atoms with Crippen LogP contribution < -0.4 is 5.32 Å². The normalized spacial score (nSPS) is 16.8. The first-order chi connectivity index (χ1) is 10.5. The third-order valence-electron chi connectivity index (χ3n) is 3.60. The van der Waals surface area contributed by atoms with Crippen molar-refractivity contribution in [2.75, 3.05) is 13.2 Å². The van der Waals surface area contributed by atoms with Gasteiger partial charge in [-0.1, -0.05) is 45.4 Å². The maximum atomic E-state index is 11.6. The summed E-state index contributed by atoms with van der Waals surface area (Å²) in [5, 5.41) is 48.8. The predicted octanol–water partition coefficient (Wildman–Crippen LogP) is -0.711. The summed E-state index contributed by atoms with van der Waals surface area (Å²) in [5.74, 6) is -0.803. The van der Waals surface area contributed by atoms with E-state index >= 15 is 0 Å². The number of rotatable bonds is 13. The molecule has 22 heavy (non-hydrogen) atoms. The average molecular weight is 321 g/mol. The molecule has 0 unspecified atom stereocenters. The van der Waals surface area contributed by atoms with Crippen molar-refractivity contribution >= 4 is 5.91 Å². The van der Waals surface area contributed by atoms with Gasteiger partial charge < -0.3 is 30.8 Å². The number of amides is 1. The summed E-state index contributed by atoms with van der Waals surface area (Å²) in [6, 6.07) is 0. The smallest absolute Gasteiger partial charge is 0.251 e. The lowest BCUT2D eigenvalue weighted by Gasteiger charge is -2.24. The predicted molar refractivity (Wildman–Crippen MR) is 82.1 cm³/mol. The maximum absolute atomic E-state index is 11.6. The number of hydrogen-bond acceptors (Lipinski definition) is 6. The Kier molecular flexibility index (Phi) is 12.4. The van der Waals surface area contributed by atoms with Gasteiger partial charge in [-0.2, -0.15) is 0 Å². The average Bonchev–Trinajstić information content (AvgIpc) is 2.54. The van der Waals surface area contributed by atoms with Gasteiger partial charge in [0.1, 0.15) is 18.3 Å². The number of carbonyl (C=O) groups is 1. The zero-order valence-electron chi connectivity index (χ0n) is 13.3. The quantitative estimate of drug-likeness (QED) is 0.249. The van der Waals surface area contributed by atoms with E-state index in [0.29, 0.717) is 6.54 Å². The van der Waals surface area contributed by atoms with Crippen LogP contribution in [-0.4, -0.2) is 69.0 Å². The third kappa shape index (κ3) is 8.65. The van der Waals surface area contributed by atoms with Crippen LogP contribution in [0.3, 0.4) is 0 Å². The minimum Gasteiger partial charge on any atom is -0.394 e. The first-order valence-electron chi connectivity index (χ1n) is 8.06. The molecule has 4 atom stereocenters. The molecular weight excluding hydrogens is 290 g/mol. The highest BCUT2D eigenvalue weighted by Gasteiger charge is 2.33. The Hall–Kier alpha value is -0.730. The number of nitrogens with one attached hydrogen (secondary N) is 1. The molecule has 0 spiro atoms. The molecule has 0 rings (SSSR count). The Labute approximate surface area is 132 Å². The Morgan fingerprint density at radius 2 is 1.45 bits per heavy atom. The van der Waals surface area contributed by atoms with Crippen LogP contribution >= 0.6 is 0 Å². The minimum absolute atomic E-state index is 0.384. The number of aliphatic hydroxyl groups excluding tert-OH is 5. The molecule has 0 bridgehead atoms. The van der Waals surface area contributed by atoms with E-state index in [0.717, 1.165) is 19.3 Å². The molecule has 0 radical (unpaired) electrons. The summed E-state index contributed by atoms with van der Waals surface area (Å²) in [4.78, 5) is 11.6. The lowest BCUT2D eigenvalue weighted by atomic mass is 10.0. The van der Waals surface area contributed by atoms with Crippen LogP contribution in [0.5, 0.6) is 0 Å². The lowest BCUT2D eigenvalue weighted by molar-refractivity contribution is -0.148. The standard InChI is InChI=1S/C15H31NO6/c1-2-3-4-5-6-7-8-9-16-15(22)14(21)13(20)12(19)11(18)10-17/h11-14,17-21H,2-10H2,1H3,(H,16,22)/t11-,12-,13+,14+/m1/s1. The van der Waals surface area contributed by atoms with Crippen molar-refractivity contribution in [1.82, 2.24) is 5.32 Å². The molecule has 0 aliphatic rings. The fraction of sp³-hybridized carbons (Fsp3) is 0.933. The molecule has 7 nitrogen and oxygen atoms in total. The van der Waals surface area contributed by atoms with Gasteiger partial charge in [0.15, 0.2) is 6.10 Å². The van der Waals surface area contributed by atoms with E-state index in [-0.39, 0.29) is 0 Å². The monoisotopic (exact) mass is 321 g/mol. The molecule has 0 aliphatic carbocycles. The Bertz CT molecular complexity index is 289. The molecule has 1 amide bonds. The maximum Gasteiger partial charge on any atom is 0.251 e. The van der Waals surface area contributed by atoms with Gasteiger partial charge in [0.25, 0.3) is 5.91 Å². The molecule has 0 aromatic heterocycles.